The van der Waals surface area contributed by atoms with E-state index in [0.29, 0.717) is 88.1 Å². The maximum atomic E-state index is 11.5. The van der Waals surface area contributed by atoms with Crippen LogP contribution in [0.1, 0.15) is 50.3 Å². The van der Waals surface area contributed by atoms with Crippen LogP contribution in [-0.4, -0.2) is 92.4 Å². The molecule has 2 aromatic carbocycles. The van der Waals surface area contributed by atoms with Crippen molar-refractivity contribution in [3.05, 3.63) is 75.5 Å². The van der Waals surface area contributed by atoms with E-state index in [4.69, 9.17) is 52.4 Å². The van der Waals surface area contributed by atoms with Crippen molar-refractivity contribution in [3.8, 4) is 28.3 Å². The standard InChI is InChI=1S/C38H45Cl2N7O4/c1-23(44-37(49-3)31(41-2)19-42-18-25-13-14-34(48)45-25)26-8-5-9-27(35(26)39)28-10-6-11-29(36(28)40)30-20-43-32(38(46-30)50-4)22-47-16-15-24(21-47)33-12-7-17-51-33/h5-6,8-11,20,24-25,33,42H,2,7,12-19,21-22H2,1,3-4H3,(H,45,48)/b37-31+,44-23+/t24?,25-,33?/m0/s1. The molecule has 3 saturated heterocycles. The van der Waals surface area contributed by atoms with Crippen molar-refractivity contribution < 1.29 is 19.0 Å². The van der Waals surface area contributed by atoms with Crippen LogP contribution >= 0.6 is 23.2 Å². The van der Waals surface area contributed by atoms with E-state index in [2.05, 4.69) is 27.2 Å². The molecule has 1 aromatic heterocycles. The number of methoxy groups -OCH3 is 2. The Morgan fingerprint density at radius 3 is 2.61 bits per heavy atom. The van der Waals surface area contributed by atoms with Gasteiger partial charge in [-0.3, -0.25) is 19.7 Å². The van der Waals surface area contributed by atoms with Crippen LogP contribution < -0.4 is 15.4 Å². The van der Waals surface area contributed by atoms with Crippen LogP contribution in [0.4, 0.5) is 0 Å². The van der Waals surface area contributed by atoms with Gasteiger partial charge in [0.2, 0.25) is 17.7 Å². The number of carbonyl (C=O) groups excluding carboxylic acids is 1. The van der Waals surface area contributed by atoms with E-state index in [0.717, 1.165) is 62.2 Å². The van der Waals surface area contributed by atoms with E-state index < -0.39 is 0 Å². The summed E-state index contributed by atoms with van der Waals surface area (Å²) in [4.78, 5) is 32.5. The third kappa shape index (κ3) is 8.61. The van der Waals surface area contributed by atoms with Gasteiger partial charge in [0.05, 0.1) is 48.0 Å². The topological polar surface area (TPSA) is 123 Å². The predicted octanol–water partition coefficient (Wildman–Crippen LogP) is 6.32. The quantitative estimate of drug-likeness (QED) is 0.146. The van der Waals surface area contributed by atoms with Crippen LogP contribution in [0.2, 0.25) is 10.0 Å². The molecule has 2 N–H and O–H groups in total. The van der Waals surface area contributed by atoms with Crippen molar-refractivity contribution in [2.75, 3.05) is 47.0 Å². The van der Waals surface area contributed by atoms with E-state index in [1.807, 2.05) is 43.3 Å². The number of ether oxygens (including phenoxy) is 3. The Hall–Kier alpha value is -3.87. The zero-order valence-corrected chi connectivity index (χ0v) is 30.9. The van der Waals surface area contributed by atoms with E-state index in [-0.39, 0.29) is 11.9 Å². The molecule has 3 fully saturated rings. The number of rotatable bonds is 14. The molecule has 0 spiro atoms. The summed E-state index contributed by atoms with van der Waals surface area (Å²) >= 11 is 14.2. The molecule has 3 aromatic rings. The Labute approximate surface area is 309 Å². The zero-order chi connectivity index (χ0) is 35.9. The van der Waals surface area contributed by atoms with Crippen molar-refractivity contribution in [3.63, 3.8) is 0 Å². The fourth-order valence-corrected chi connectivity index (χ4v) is 7.78. The van der Waals surface area contributed by atoms with E-state index >= 15 is 0 Å². The van der Waals surface area contributed by atoms with Gasteiger partial charge in [-0.1, -0.05) is 59.6 Å². The molecular formula is C38H45Cl2N7O4. The maximum absolute atomic E-state index is 11.5. The zero-order valence-electron chi connectivity index (χ0n) is 29.4. The van der Waals surface area contributed by atoms with Gasteiger partial charge in [-0.05, 0) is 51.8 Å². The van der Waals surface area contributed by atoms with Crippen molar-refractivity contribution >= 4 is 41.5 Å². The number of amides is 1. The molecular weight excluding hydrogens is 689 g/mol. The number of aromatic nitrogens is 2. The highest BCUT2D eigenvalue weighted by molar-refractivity contribution is 6.39. The summed E-state index contributed by atoms with van der Waals surface area (Å²) in [5.74, 6) is 1.44. The fourth-order valence-electron chi connectivity index (χ4n) is 7.09. The predicted molar refractivity (Wildman–Crippen MR) is 202 cm³/mol. The summed E-state index contributed by atoms with van der Waals surface area (Å²) in [5, 5.41) is 7.24. The second-order valence-electron chi connectivity index (χ2n) is 13.1. The average Bonchev–Trinajstić information content (AvgIpc) is 3.93. The summed E-state index contributed by atoms with van der Waals surface area (Å²) in [6, 6.07) is 11.6. The lowest BCUT2D eigenvalue weighted by molar-refractivity contribution is -0.119. The smallest absolute Gasteiger partial charge is 0.237 e. The van der Waals surface area contributed by atoms with Crippen LogP contribution in [0.5, 0.6) is 5.88 Å². The number of aliphatic imine (C=N–C) groups is 2. The van der Waals surface area contributed by atoms with Gasteiger partial charge in [0, 0.05) is 67.5 Å². The fraction of sp³-hybridized carbons (Fsp3) is 0.447. The van der Waals surface area contributed by atoms with E-state index in [9.17, 15) is 4.79 Å². The minimum absolute atomic E-state index is 0.0731. The molecule has 0 saturated carbocycles. The molecule has 1 amide bonds. The maximum Gasteiger partial charge on any atom is 0.237 e. The molecule has 51 heavy (non-hydrogen) atoms. The molecule has 4 heterocycles. The normalized spacial score (nSPS) is 21.5. The molecule has 2 unspecified atom stereocenters. The molecule has 3 atom stereocenters. The molecule has 0 bridgehead atoms. The van der Waals surface area contributed by atoms with Crippen LogP contribution in [0.3, 0.4) is 0 Å². The lowest BCUT2D eigenvalue weighted by Crippen LogP contribution is -2.36. The Morgan fingerprint density at radius 1 is 1.12 bits per heavy atom. The third-order valence-electron chi connectivity index (χ3n) is 9.80. The molecule has 0 radical (unpaired) electrons. The second-order valence-corrected chi connectivity index (χ2v) is 13.9. The summed E-state index contributed by atoms with van der Waals surface area (Å²) in [7, 11) is 3.16. The Kier molecular flexibility index (Phi) is 12.4. The number of carbonyl (C=O) groups is 1. The first-order valence-electron chi connectivity index (χ1n) is 17.4. The third-order valence-corrected chi connectivity index (χ3v) is 10.6. The van der Waals surface area contributed by atoms with Crippen LogP contribution in [0, 0.1) is 5.92 Å². The van der Waals surface area contributed by atoms with Crippen LogP contribution in [0.15, 0.2) is 64.2 Å². The van der Waals surface area contributed by atoms with Gasteiger partial charge in [-0.25, -0.2) is 9.98 Å². The van der Waals surface area contributed by atoms with Gasteiger partial charge in [0.25, 0.3) is 0 Å². The van der Waals surface area contributed by atoms with Gasteiger partial charge in [-0.15, -0.1) is 0 Å². The number of hydrogen-bond acceptors (Lipinski definition) is 10. The Balaban J connectivity index is 1.20. The lowest BCUT2D eigenvalue weighted by atomic mass is 9.98. The van der Waals surface area contributed by atoms with Gasteiger partial charge in [0.15, 0.2) is 0 Å². The van der Waals surface area contributed by atoms with E-state index in [1.54, 1.807) is 13.3 Å². The largest absolute Gasteiger partial charge is 0.480 e. The number of nitrogens with one attached hydrogen (secondary N) is 2. The van der Waals surface area contributed by atoms with Crippen molar-refractivity contribution in [2.24, 2.45) is 15.9 Å². The highest BCUT2D eigenvalue weighted by atomic mass is 35.5. The summed E-state index contributed by atoms with van der Waals surface area (Å²) in [5.41, 5.74) is 5.48. The summed E-state index contributed by atoms with van der Waals surface area (Å²) < 4.78 is 17.3. The summed E-state index contributed by atoms with van der Waals surface area (Å²) in [6.07, 6.45) is 6.92. The first-order chi connectivity index (χ1) is 24.8. The van der Waals surface area contributed by atoms with Gasteiger partial charge in [-0.2, -0.15) is 0 Å². The van der Waals surface area contributed by atoms with Gasteiger partial charge in [0.1, 0.15) is 11.4 Å². The summed E-state index contributed by atoms with van der Waals surface area (Å²) in [6.45, 7) is 10.1. The molecule has 11 nitrogen and oxygen atoms in total. The molecule has 3 aliphatic rings. The van der Waals surface area contributed by atoms with Crippen LogP contribution in [0.25, 0.3) is 22.4 Å². The monoisotopic (exact) mass is 733 g/mol. The van der Waals surface area contributed by atoms with Crippen molar-refractivity contribution in [1.29, 1.82) is 0 Å². The van der Waals surface area contributed by atoms with Crippen LogP contribution in [-0.2, 0) is 20.8 Å². The Bertz CT molecular complexity index is 1810. The minimum atomic E-state index is 0.0731. The molecule has 13 heteroatoms. The first-order valence-corrected chi connectivity index (χ1v) is 18.2. The highest BCUT2D eigenvalue weighted by Gasteiger charge is 2.33. The highest BCUT2D eigenvalue weighted by Crippen LogP contribution is 2.40. The van der Waals surface area contributed by atoms with Gasteiger partial charge < -0.3 is 24.8 Å². The Morgan fingerprint density at radius 2 is 1.90 bits per heavy atom. The minimum Gasteiger partial charge on any atom is -0.480 e. The number of benzene rings is 2. The van der Waals surface area contributed by atoms with E-state index in [1.165, 1.54) is 7.11 Å². The molecule has 270 valence electrons. The average molecular weight is 735 g/mol. The van der Waals surface area contributed by atoms with Crippen molar-refractivity contribution in [2.45, 2.75) is 57.7 Å². The lowest BCUT2D eigenvalue weighted by Gasteiger charge is -2.20. The van der Waals surface area contributed by atoms with Gasteiger partial charge >= 0.3 is 0 Å². The molecule has 3 aliphatic heterocycles. The molecule has 6 rings (SSSR count). The van der Waals surface area contributed by atoms with Crippen molar-refractivity contribution in [1.82, 2.24) is 25.5 Å². The SMILES string of the molecule is C=N/C(CNC[C@@H]1CCC(=O)N1)=C(\N=C(/C)c1cccc(-c2cccc(-c3cnc(CN4CCC(C5CCCO5)C4)c(OC)n3)c2Cl)c1Cl)OC. The molecule has 0 aliphatic carbocycles. The number of likely N-dealkylation sites (tertiary alicyclic amines) is 1. The first kappa shape index (κ1) is 36.9. The number of nitrogens with zero attached hydrogens (tertiary/aromatic N) is 5. The second kappa shape index (κ2) is 17.1. The number of hydrogen-bond donors (Lipinski definition) is 2. The number of halogens is 2.